The zero-order valence-corrected chi connectivity index (χ0v) is 11.6. The maximum Gasteiger partial charge on any atom is 0.375 e. The van der Waals surface area contributed by atoms with Crippen LogP contribution in [0.4, 0.5) is 0 Å². The lowest BCUT2D eigenvalue weighted by Crippen LogP contribution is -2.06. The summed E-state index contributed by atoms with van der Waals surface area (Å²) >= 11 is 3.43. The molecule has 0 fully saturated rings. The molecule has 0 aliphatic rings. The minimum absolute atomic E-state index is 0.111. The van der Waals surface area contributed by atoms with Crippen molar-refractivity contribution in [2.24, 2.45) is 0 Å². The third kappa shape index (κ3) is 2.59. The number of aromatic amines is 1. The number of rotatable bonds is 3. The molecule has 2 rings (SSSR count). The van der Waals surface area contributed by atoms with Gasteiger partial charge in [-0.25, -0.2) is 9.78 Å². The molecule has 1 aromatic heterocycles. The van der Waals surface area contributed by atoms with Crippen LogP contribution in [0.1, 0.15) is 23.1 Å². The highest BCUT2D eigenvalue weighted by Crippen LogP contribution is 2.26. The van der Waals surface area contributed by atoms with Crippen LogP contribution in [0.2, 0.25) is 0 Å². The molecule has 0 unspecified atom stereocenters. The number of halogens is 1. The molecule has 0 aliphatic heterocycles. The van der Waals surface area contributed by atoms with Gasteiger partial charge in [0.2, 0.25) is 5.82 Å². The van der Waals surface area contributed by atoms with Crippen molar-refractivity contribution < 1.29 is 9.53 Å². The topological polar surface area (TPSA) is 67.9 Å². The molecule has 0 saturated carbocycles. The highest BCUT2D eigenvalue weighted by Gasteiger charge is 2.15. The largest absolute Gasteiger partial charge is 0.460 e. The van der Waals surface area contributed by atoms with Gasteiger partial charge in [-0.2, -0.15) is 5.10 Å². The third-order valence-corrected chi connectivity index (χ3v) is 3.01. The van der Waals surface area contributed by atoms with Gasteiger partial charge in [0.15, 0.2) is 5.82 Å². The van der Waals surface area contributed by atoms with Gasteiger partial charge >= 0.3 is 5.97 Å². The van der Waals surface area contributed by atoms with Crippen molar-refractivity contribution in [3.05, 3.63) is 34.1 Å². The van der Waals surface area contributed by atoms with Crippen LogP contribution in [0.3, 0.4) is 0 Å². The molecule has 0 atom stereocenters. The van der Waals surface area contributed by atoms with Crippen LogP contribution in [0.25, 0.3) is 11.4 Å². The first-order valence-electron chi connectivity index (χ1n) is 5.48. The van der Waals surface area contributed by atoms with Crippen LogP contribution in [0.5, 0.6) is 0 Å². The summed E-state index contributed by atoms with van der Waals surface area (Å²) in [4.78, 5) is 15.6. The Kier molecular flexibility index (Phi) is 3.76. The summed E-state index contributed by atoms with van der Waals surface area (Å²) in [6.07, 6.45) is 0. The first-order valence-corrected chi connectivity index (χ1v) is 6.27. The van der Waals surface area contributed by atoms with E-state index in [-0.39, 0.29) is 5.82 Å². The molecule has 0 bridgehead atoms. The zero-order chi connectivity index (χ0) is 13.1. The number of esters is 1. The van der Waals surface area contributed by atoms with Crippen LogP contribution < -0.4 is 0 Å². The Labute approximate surface area is 113 Å². The number of hydrogen-bond donors (Lipinski definition) is 1. The van der Waals surface area contributed by atoms with E-state index in [1.807, 2.05) is 25.1 Å². The molecule has 94 valence electrons. The lowest BCUT2D eigenvalue weighted by molar-refractivity contribution is 0.0512. The highest BCUT2D eigenvalue weighted by atomic mass is 79.9. The van der Waals surface area contributed by atoms with Gasteiger partial charge in [0.1, 0.15) is 0 Å². The fourth-order valence-electron chi connectivity index (χ4n) is 1.48. The molecule has 1 heterocycles. The van der Waals surface area contributed by atoms with Crippen molar-refractivity contribution in [3.63, 3.8) is 0 Å². The Balaban J connectivity index is 2.35. The van der Waals surface area contributed by atoms with E-state index >= 15 is 0 Å². The van der Waals surface area contributed by atoms with Crippen molar-refractivity contribution in [1.29, 1.82) is 0 Å². The van der Waals surface area contributed by atoms with Gasteiger partial charge in [-0.15, -0.1) is 0 Å². The maximum absolute atomic E-state index is 11.5. The van der Waals surface area contributed by atoms with Crippen LogP contribution in [0, 0.1) is 6.92 Å². The molecule has 18 heavy (non-hydrogen) atoms. The number of benzene rings is 1. The highest BCUT2D eigenvalue weighted by molar-refractivity contribution is 9.10. The second kappa shape index (κ2) is 5.30. The number of aromatic nitrogens is 3. The number of aryl methyl sites for hydroxylation is 1. The number of carbonyl (C=O) groups is 1. The fourth-order valence-corrected chi connectivity index (χ4v) is 1.91. The predicted octanol–water partition coefficient (Wildman–Crippen LogP) is 2.72. The van der Waals surface area contributed by atoms with E-state index in [9.17, 15) is 4.79 Å². The van der Waals surface area contributed by atoms with Crippen molar-refractivity contribution in [3.8, 4) is 11.4 Å². The molecule has 0 spiro atoms. The second-order valence-electron chi connectivity index (χ2n) is 3.71. The monoisotopic (exact) mass is 309 g/mol. The predicted molar refractivity (Wildman–Crippen MR) is 70.2 cm³/mol. The van der Waals surface area contributed by atoms with Crippen molar-refractivity contribution >= 4 is 21.9 Å². The number of carbonyl (C=O) groups excluding carboxylic acids is 1. The molecular weight excluding hydrogens is 298 g/mol. The average Bonchev–Trinajstić information content (AvgIpc) is 2.82. The van der Waals surface area contributed by atoms with E-state index in [1.54, 1.807) is 6.92 Å². The Bertz CT molecular complexity index is 580. The SMILES string of the molecule is CCOC(=O)c1nc(-c2cc(C)ccc2Br)n[nH]1. The summed E-state index contributed by atoms with van der Waals surface area (Å²) in [7, 11) is 0. The van der Waals surface area contributed by atoms with Gasteiger partial charge < -0.3 is 4.74 Å². The molecule has 1 N–H and O–H groups in total. The molecular formula is C12H12BrN3O2. The van der Waals surface area contributed by atoms with E-state index < -0.39 is 5.97 Å². The number of H-pyrrole nitrogens is 1. The first-order chi connectivity index (χ1) is 8.61. The second-order valence-corrected chi connectivity index (χ2v) is 4.57. The van der Waals surface area contributed by atoms with Crippen LogP contribution in [-0.2, 0) is 4.74 Å². The number of nitrogens with one attached hydrogen (secondary N) is 1. The molecule has 0 saturated heterocycles. The molecule has 5 nitrogen and oxygen atoms in total. The van der Waals surface area contributed by atoms with Crippen molar-refractivity contribution in [2.45, 2.75) is 13.8 Å². The summed E-state index contributed by atoms with van der Waals surface area (Å²) in [6.45, 7) is 4.03. The molecule has 0 aliphatic carbocycles. The molecule has 0 radical (unpaired) electrons. The maximum atomic E-state index is 11.5. The van der Waals surface area contributed by atoms with Gasteiger partial charge in [0.05, 0.1) is 6.61 Å². The number of ether oxygens (including phenoxy) is 1. The minimum atomic E-state index is -0.500. The summed E-state index contributed by atoms with van der Waals surface area (Å²) in [5, 5.41) is 6.60. The fraction of sp³-hybridized carbons (Fsp3) is 0.250. The normalized spacial score (nSPS) is 10.4. The van der Waals surface area contributed by atoms with Crippen LogP contribution in [-0.4, -0.2) is 27.8 Å². The lowest BCUT2D eigenvalue weighted by Gasteiger charge is -2.00. The summed E-state index contributed by atoms with van der Waals surface area (Å²) in [6, 6.07) is 5.85. The smallest absolute Gasteiger partial charge is 0.375 e. The minimum Gasteiger partial charge on any atom is -0.460 e. The Morgan fingerprint density at radius 2 is 2.28 bits per heavy atom. The summed E-state index contributed by atoms with van der Waals surface area (Å²) in [5.41, 5.74) is 1.93. The third-order valence-electron chi connectivity index (χ3n) is 2.32. The molecule has 2 aromatic rings. The molecule has 0 amide bonds. The van der Waals surface area contributed by atoms with E-state index in [0.29, 0.717) is 12.4 Å². The van der Waals surface area contributed by atoms with Gasteiger partial charge in [-0.05, 0) is 26.0 Å². The zero-order valence-electron chi connectivity index (χ0n) is 10.0. The Morgan fingerprint density at radius 3 is 3.00 bits per heavy atom. The summed E-state index contributed by atoms with van der Waals surface area (Å²) < 4.78 is 5.72. The Morgan fingerprint density at radius 1 is 1.50 bits per heavy atom. The number of nitrogens with zero attached hydrogens (tertiary/aromatic N) is 2. The molecule has 6 heteroatoms. The quantitative estimate of drug-likeness (QED) is 0.885. The van der Waals surface area contributed by atoms with E-state index in [4.69, 9.17) is 4.74 Å². The summed E-state index contributed by atoms with van der Waals surface area (Å²) in [5.74, 6) is 0.0777. The average molecular weight is 310 g/mol. The van der Waals surface area contributed by atoms with E-state index in [0.717, 1.165) is 15.6 Å². The van der Waals surface area contributed by atoms with Crippen molar-refractivity contribution in [1.82, 2.24) is 15.2 Å². The number of hydrogen-bond acceptors (Lipinski definition) is 4. The Hall–Kier alpha value is -1.69. The standard InChI is InChI=1S/C12H12BrN3O2/c1-3-18-12(17)11-14-10(15-16-11)8-6-7(2)4-5-9(8)13/h4-6H,3H2,1-2H3,(H,14,15,16). The lowest BCUT2D eigenvalue weighted by atomic mass is 10.1. The van der Waals surface area contributed by atoms with Gasteiger partial charge in [0.25, 0.3) is 0 Å². The van der Waals surface area contributed by atoms with Gasteiger partial charge in [0, 0.05) is 10.0 Å². The van der Waals surface area contributed by atoms with Gasteiger partial charge in [-0.1, -0.05) is 27.6 Å². The van der Waals surface area contributed by atoms with Crippen molar-refractivity contribution in [2.75, 3.05) is 6.61 Å². The van der Waals surface area contributed by atoms with Crippen LogP contribution in [0.15, 0.2) is 22.7 Å². The van der Waals surface area contributed by atoms with E-state index in [2.05, 4.69) is 31.1 Å². The van der Waals surface area contributed by atoms with E-state index in [1.165, 1.54) is 0 Å². The molecule has 1 aromatic carbocycles. The first kappa shape index (κ1) is 12.8. The van der Waals surface area contributed by atoms with Gasteiger partial charge in [-0.3, -0.25) is 5.10 Å². The van der Waals surface area contributed by atoms with Crippen LogP contribution >= 0.6 is 15.9 Å².